The van der Waals surface area contributed by atoms with Crippen molar-refractivity contribution in [3.63, 3.8) is 0 Å². The van der Waals surface area contributed by atoms with Gasteiger partial charge in [0, 0.05) is 38.3 Å². The summed E-state index contributed by atoms with van der Waals surface area (Å²) in [6.07, 6.45) is 2.81. The minimum atomic E-state index is -0.315. The number of amides is 1. The van der Waals surface area contributed by atoms with Gasteiger partial charge < -0.3 is 24.8 Å². The van der Waals surface area contributed by atoms with Crippen molar-refractivity contribution in [2.24, 2.45) is 18.9 Å². The molecule has 1 aromatic carbocycles. The lowest BCUT2D eigenvalue weighted by Gasteiger charge is -2.35. The number of hydrogen-bond acceptors (Lipinski definition) is 7. The number of pyridine rings is 1. The van der Waals surface area contributed by atoms with E-state index < -0.39 is 0 Å². The Kier molecular flexibility index (Phi) is 6.92. The number of anilines is 3. The topological polar surface area (TPSA) is 101 Å². The van der Waals surface area contributed by atoms with E-state index in [0.29, 0.717) is 28.6 Å². The summed E-state index contributed by atoms with van der Waals surface area (Å²) in [5.41, 5.74) is 1.16. The third kappa shape index (κ3) is 5.09. The number of ether oxygens (including phenoxy) is 1. The molecule has 1 amide bonds. The number of aromatic nitrogens is 3. The average molecular weight is 485 g/mol. The number of hydrogen-bond donors (Lipinski definition) is 2. The minimum Gasteiger partial charge on any atom is -0.478 e. The van der Waals surface area contributed by atoms with E-state index in [2.05, 4.69) is 34.4 Å². The zero-order valence-corrected chi connectivity index (χ0v) is 20.5. The summed E-state index contributed by atoms with van der Waals surface area (Å²) in [5, 5.41) is 6.93. The highest BCUT2D eigenvalue weighted by molar-refractivity contribution is 6.32. The number of benzene rings is 1. The van der Waals surface area contributed by atoms with Crippen molar-refractivity contribution in [3.05, 3.63) is 45.8 Å². The number of likely N-dealkylation sites (N-methyl/N-ethyl adjacent to an activating group) is 1. The first-order chi connectivity index (χ1) is 16.2. The maximum atomic E-state index is 12.6. The van der Waals surface area contributed by atoms with Gasteiger partial charge in [-0.25, -0.2) is 4.98 Å². The Balaban J connectivity index is 1.62. The van der Waals surface area contributed by atoms with Crippen molar-refractivity contribution in [2.75, 3.05) is 37.0 Å². The number of halogens is 1. The molecular formula is C24H29ClN6O3. The Labute approximate surface area is 203 Å². The molecule has 2 aromatic heterocycles. The summed E-state index contributed by atoms with van der Waals surface area (Å²) in [4.78, 5) is 35.5. The van der Waals surface area contributed by atoms with Crippen molar-refractivity contribution in [3.8, 4) is 5.75 Å². The molecule has 0 spiro atoms. The molecule has 0 bridgehead atoms. The predicted octanol–water partition coefficient (Wildman–Crippen LogP) is 3.33. The van der Waals surface area contributed by atoms with Crippen LogP contribution in [-0.4, -0.2) is 47.2 Å². The summed E-state index contributed by atoms with van der Waals surface area (Å²) in [5.74, 6) is 2.10. The third-order valence-electron chi connectivity index (χ3n) is 5.97. The fourth-order valence-electron chi connectivity index (χ4n) is 4.41. The lowest BCUT2D eigenvalue weighted by Crippen LogP contribution is -2.39. The molecule has 0 aliphatic carbocycles. The third-order valence-corrected chi connectivity index (χ3v) is 6.25. The summed E-state index contributed by atoms with van der Waals surface area (Å²) in [7, 11) is 3.18. The lowest BCUT2D eigenvalue weighted by molar-refractivity contribution is -0.122. The number of nitrogens with one attached hydrogen (secondary N) is 2. The first-order valence-electron chi connectivity index (χ1n) is 11.3. The van der Waals surface area contributed by atoms with Crippen molar-refractivity contribution in [1.82, 2.24) is 19.9 Å². The summed E-state index contributed by atoms with van der Waals surface area (Å²) >= 11 is 6.41. The van der Waals surface area contributed by atoms with E-state index in [-0.39, 0.29) is 23.8 Å². The lowest BCUT2D eigenvalue weighted by atomic mass is 9.92. The van der Waals surface area contributed by atoms with E-state index in [4.69, 9.17) is 21.3 Å². The average Bonchev–Trinajstić information content (AvgIpc) is 2.81. The molecule has 0 unspecified atom stereocenters. The molecule has 10 heteroatoms. The molecule has 180 valence electrons. The highest BCUT2D eigenvalue weighted by Crippen LogP contribution is 2.29. The molecule has 1 fully saturated rings. The van der Waals surface area contributed by atoms with Crippen LogP contribution in [0.2, 0.25) is 5.02 Å². The molecule has 9 nitrogen and oxygen atoms in total. The van der Waals surface area contributed by atoms with Crippen LogP contribution >= 0.6 is 11.6 Å². The van der Waals surface area contributed by atoms with Gasteiger partial charge in [-0.3, -0.25) is 9.59 Å². The van der Waals surface area contributed by atoms with Crippen LogP contribution in [0.5, 0.6) is 5.75 Å². The fraction of sp³-hybridized carbons (Fsp3) is 0.417. The monoisotopic (exact) mass is 484 g/mol. The quantitative estimate of drug-likeness (QED) is 0.553. The molecule has 3 heterocycles. The van der Waals surface area contributed by atoms with Gasteiger partial charge in [-0.1, -0.05) is 25.4 Å². The van der Waals surface area contributed by atoms with Crippen molar-refractivity contribution in [2.45, 2.75) is 20.3 Å². The summed E-state index contributed by atoms with van der Waals surface area (Å²) < 4.78 is 6.94. The largest absolute Gasteiger partial charge is 0.478 e. The van der Waals surface area contributed by atoms with Gasteiger partial charge in [-0.2, -0.15) is 4.98 Å². The number of nitrogens with zero attached hydrogens (tertiary/aromatic N) is 4. The Hall–Kier alpha value is -3.33. The molecule has 3 aromatic rings. The molecule has 34 heavy (non-hydrogen) atoms. The molecular weight excluding hydrogens is 456 g/mol. The maximum absolute atomic E-state index is 12.6. The minimum absolute atomic E-state index is 0.103. The van der Waals surface area contributed by atoms with E-state index in [1.165, 1.54) is 18.0 Å². The Morgan fingerprint density at radius 1 is 1.24 bits per heavy atom. The zero-order chi connectivity index (χ0) is 24.4. The molecule has 4 rings (SSSR count). The Morgan fingerprint density at radius 3 is 2.68 bits per heavy atom. The van der Waals surface area contributed by atoms with Crippen molar-refractivity contribution in [1.29, 1.82) is 0 Å². The molecule has 1 aliphatic rings. The van der Waals surface area contributed by atoms with Crippen molar-refractivity contribution >= 4 is 45.9 Å². The molecule has 0 radical (unpaired) electrons. The van der Waals surface area contributed by atoms with Gasteiger partial charge >= 0.3 is 0 Å². The zero-order valence-electron chi connectivity index (χ0n) is 19.8. The predicted molar refractivity (Wildman–Crippen MR) is 134 cm³/mol. The van der Waals surface area contributed by atoms with Crippen LogP contribution in [0.4, 0.5) is 17.5 Å². The van der Waals surface area contributed by atoms with Crippen LogP contribution < -0.4 is 25.8 Å². The van der Waals surface area contributed by atoms with Gasteiger partial charge in [0.15, 0.2) is 18.2 Å². The van der Waals surface area contributed by atoms with Gasteiger partial charge in [0.1, 0.15) is 5.02 Å². The molecule has 0 saturated carbocycles. The standard InChI is InChI=1S/C24H29ClN6O3/c1-14-7-15(2)12-31(11-14)24-27-10-18(25)22(29-24)28-17-5-6-19-16(8-17)9-20(23(33)30(19)4)34-13-21(32)26-3/h5-6,8-10,14-15H,7,11-13H2,1-4H3,(H,26,32)(H,27,28,29)/t14-,15-/m1/s1. The van der Waals surface area contributed by atoms with Gasteiger partial charge in [-0.15, -0.1) is 0 Å². The molecule has 1 aliphatic heterocycles. The molecule has 1 saturated heterocycles. The molecule has 2 N–H and O–H groups in total. The van der Waals surface area contributed by atoms with Gasteiger partial charge in [0.25, 0.3) is 11.5 Å². The van der Waals surface area contributed by atoms with Crippen LogP contribution in [0.3, 0.4) is 0 Å². The van der Waals surface area contributed by atoms with Gasteiger partial charge in [0.2, 0.25) is 5.95 Å². The van der Waals surface area contributed by atoms with Crippen LogP contribution in [0.1, 0.15) is 20.3 Å². The van der Waals surface area contributed by atoms with Crippen LogP contribution in [0, 0.1) is 11.8 Å². The normalized spacial score (nSPS) is 18.1. The smallest absolute Gasteiger partial charge is 0.293 e. The molecule has 2 atom stereocenters. The number of carbonyl (C=O) groups is 1. The summed E-state index contributed by atoms with van der Waals surface area (Å²) in [6.45, 7) is 6.07. The first-order valence-corrected chi connectivity index (χ1v) is 11.6. The first kappa shape index (κ1) is 23.8. The SMILES string of the molecule is CNC(=O)COc1cc2cc(Nc3nc(N4C[C@H](C)C[C@@H](C)C4)ncc3Cl)ccc2n(C)c1=O. The highest BCUT2D eigenvalue weighted by atomic mass is 35.5. The van der Waals surface area contributed by atoms with E-state index in [9.17, 15) is 9.59 Å². The van der Waals surface area contributed by atoms with Gasteiger partial charge in [0.05, 0.1) is 11.7 Å². The second-order valence-electron chi connectivity index (χ2n) is 8.95. The number of carbonyl (C=O) groups excluding carboxylic acids is 1. The number of fused-ring (bicyclic) bond motifs is 1. The van der Waals surface area contributed by atoms with Crippen LogP contribution in [0.15, 0.2) is 35.3 Å². The highest BCUT2D eigenvalue weighted by Gasteiger charge is 2.24. The number of piperidine rings is 1. The van der Waals surface area contributed by atoms with E-state index in [0.717, 1.165) is 29.7 Å². The van der Waals surface area contributed by atoms with Gasteiger partial charge in [-0.05, 0) is 42.5 Å². The number of aryl methyl sites for hydroxylation is 1. The van der Waals surface area contributed by atoms with E-state index in [1.807, 2.05) is 18.2 Å². The Morgan fingerprint density at radius 2 is 1.97 bits per heavy atom. The Bertz CT molecular complexity index is 1270. The maximum Gasteiger partial charge on any atom is 0.293 e. The number of rotatable bonds is 6. The summed E-state index contributed by atoms with van der Waals surface area (Å²) in [6, 6.07) is 7.21. The van der Waals surface area contributed by atoms with Crippen LogP contribution in [-0.2, 0) is 11.8 Å². The van der Waals surface area contributed by atoms with Crippen LogP contribution in [0.25, 0.3) is 10.9 Å². The van der Waals surface area contributed by atoms with E-state index in [1.54, 1.807) is 19.3 Å². The van der Waals surface area contributed by atoms with Crippen molar-refractivity contribution < 1.29 is 9.53 Å². The second kappa shape index (κ2) is 9.89. The van der Waals surface area contributed by atoms with E-state index >= 15 is 0 Å². The fourth-order valence-corrected chi connectivity index (χ4v) is 4.55. The second-order valence-corrected chi connectivity index (χ2v) is 9.36.